The summed E-state index contributed by atoms with van der Waals surface area (Å²) >= 11 is 0. The molecule has 2 N–H and O–H groups in total. The molecule has 1 aromatic heterocycles. The SMILES string of the molecule is C=C(/C=C\c1ccc2cccnc2c1N)C(c1ccccc1)c1ccccc1OC. The topological polar surface area (TPSA) is 48.1 Å². The summed E-state index contributed by atoms with van der Waals surface area (Å²) in [6, 6.07) is 26.4. The summed E-state index contributed by atoms with van der Waals surface area (Å²) in [5.74, 6) is 0.814. The summed E-state index contributed by atoms with van der Waals surface area (Å²) in [5.41, 5.74) is 12.0. The van der Waals surface area contributed by atoms with Gasteiger partial charge in [0, 0.05) is 23.1 Å². The molecule has 0 amide bonds. The molecular formula is C27H24N2O. The van der Waals surface area contributed by atoms with E-state index < -0.39 is 0 Å². The lowest BCUT2D eigenvalue weighted by Gasteiger charge is -2.21. The second kappa shape index (κ2) is 8.66. The molecular weight excluding hydrogens is 368 g/mol. The zero-order chi connectivity index (χ0) is 20.9. The molecule has 0 fully saturated rings. The van der Waals surface area contributed by atoms with Gasteiger partial charge in [0.15, 0.2) is 0 Å². The lowest BCUT2D eigenvalue weighted by atomic mass is 9.84. The second-order valence-electron chi connectivity index (χ2n) is 7.14. The number of benzene rings is 3. The fourth-order valence-electron chi connectivity index (χ4n) is 3.77. The van der Waals surface area contributed by atoms with E-state index in [1.165, 1.54) is 0 Å². The van der Waals surface area contributed by atoms with Crippen LogP contribution in [0.2, 0.25) is 0 Å². The molecule has 1 atom stereocenters. The first-order chi connectivity index (χ1) is 14.7. The molecule has 0 saturated heterocycles. The van der Waals surface area contributed by atoms with Crippen LogP contribution >= 0.6 is 0 Å². The van der Waals surface area contributed by atoms with Crippen LogP contribution in [0.1, 0.15) is 22.6 Å². The van der Waals surface area contributed by atoms with Gasteiger partial charge in [-0.1, -0.05) is 85.5 Å². The summed E-state index contributed by atoms with van der Waals surface area (Å²) in [6.07, 6.45) is 5.81. The highest BCUT2D eigenvalue weighted by Crippen LogP contribution is 2.37. The van der Waals surface area contributed by atoms with Crippen LogP contribution in [-0.2, 0) is 0 Å². The standard InChI is InChI=1S/C27H24N2O/c1-19(14-15-21-16-17-22-11-8-18-29-27(22)26(21)28)25(20-9-4-3-5-10-20)23-12-6-7-13-24(23)30-2/h3-18,25H,1,28H2,2H3/b15-14-. The number of anilines is 1. The fraction of sp³-hybridized carbons (Fsp3) is 0.0741. The van der Waals surface area contributed by atoms with Crippen LogP contribution in [0.15, 0.2) is 103 Å². The molecule has 4 rings (SSSR count). The van der Waals surface area contributed by atoms with Gasteiger partial charge in [0.2, 0.25) is 0 Å². The number of methoxy groups -OCH3 is 1. The third-order valence-electron chi connectivity index (χ3n) is 5.28. The van der Waals surface area contributed by atoms with Gasteiger partial charge < -0.3 is 10.5 Å². The van der Waals surface area contributed by atoms with Gasteiger partial charge >= 0.3 is 0 Å². The first kappa shape index (κ1) is 19.5. The van der Waals surface area contributed by atoms with Gasteiger partial charge in [0.1, 0.15) is 5.75 Å². The van der Waals surface area contributed by atoms with E-state index in [0.717, 1.165) is 38.9 Å². The van der Waals surface area contributed by atoms with Crippen LogP contribution in [0.3, 0.4) is 0 Å². The number of nitrogen functional groups attached to an aromatic ring is 1. The summed E-state index contributed by atoms with van der Waals surface area (Å²) in [7, 11) is 1.70. The van der Waals surface area contributed by atoms with E-state index in [0.29, 0.717) is 5.69 Å². The number of fused-ring (bicyclic) bond motifs is 1. The molecule has 0 radical (unpaired) electrons. The van der Waals surface area contributed by atoms with Crippen LogP contribution in [0.5, 0.6) is 5.75 Å². The number of hydrogen-bond donors (Lipinski definition) is 1. The summed E-state index contributed by atoms with van der Waals surface area (Å²) in [5, 5.41) is 1.03. The number of nitrogens with zero attached hydrogens (tertiary/aromatic N) is 1. The minimum absolute atomic E-state index is 0.0293. The average molecular weight is 393 g/mol. The Morgan fingerprint density at radius 3 is 2.53 bits per heavy atom. The van der Waals surface area contributed by atoms with Crippen molar-refractivity contribution >= 4 is 22.7 Å². The fourth-order valence-corrected chi connectivity index (χ4v) is 3.77. The number of rotatable bonds is 6. The number of pyridine rings is 1. The Morgan fingerprint density at radius 1 is 0.967 bits per heavy atom. The van der Waals surface area contributed by atoms with E-state index in [1.807, 2.05) is 72.8 Å². The van der Waals surface area contributed by atoms with E-state index in [1.54, 1.807) is 13.3 Å². The molecule has 30 heavy (non-hydrogen) atoms. The zero-order valence-electron chi connectivity index (χ0n) is 17.0. The molecule has 3 nitrogen and oxygen atoms in total. The second-order valence-corrected chi connectivity index (χ2v) is 7.14. The molecule has 148 valence electrons. The highest BCUT2D eigenvalue weighted by atomic mass is 16.5. The van der Waals surface area contributed by atoms with Crippen molar-refractivity contribution in [1.82, 2.24) is 4.98 Å². The van der Waals surface area contributed by atoms with E-state index in [2.05, 4.69) is 29.8 Å². The Bertz CT molecular complexity index is 1210. The molecule has 0 spiro atoms. The first-order valence-electron chi connectivity index (χ1n) is 9.87. The van der Waals surface area contributed by atoms with Gasteiger partial charge in [0.05, 0.1) is 18.3 Å². The molecule has 3 aromatic carbocycles. The number of ether oxygens (including phenoxy) is 1. The van der Waals surface area contributed by atoms with Crippen molar-refractivity contribution in [2.24, 2.45) is 0 Å². The van der Waals surface area contributed by atoms with Gasteiger partial charge in [-0.15, -0.1) is 0 Å². The lowest BCUT2D eigenvalue weighted by Crippen LogP contribution is -2.05. The van der Waals surface area contributed by atoms with Gasteiger partial charge in [0.25, 0.3) is 0 Å². The van der Waals surface area contributed by atoms with Crippen LogP contribution in [0.4, 0.5) is 5.69 Å². The van der Waals surface area contributed by atoms with Gasteiger partial charge in [-0.25, -0.2) is 0 Å². The van der Waals surface area contributed by atoms with Gasteiger partial charge in [-0.2, -0.15) is 0 Å². The Balaban J connectivity index is 1.73. The predicted molar refractivity (Wildman–Crippen MR) is 126 cm³/mol. The quantitative estimate of drug-likeness (QED) is 0.313. The molecule has 0 aliphatic heterocycles. The Kier molecular flexibility index (Phi) is 5.62. The summed E-state index contributed by atoms with van der Waals surface area (Å²) in [6.45, 7) is 4.39. The van der Waals surface area contributed by atoms with E-state index in [4.69, 9.17) is 10.5 Å². The van der Waals surface area contributed by atoms with Gasteiger partial charge in [-0.05, 0) is 28.8 Å². The van der Waals surface area contributed by atoms with Crippen molar-refractivity contribution in [1.29, 1.82) is 0 Å². The minimum Gasteiger partial charge on any atom is -0.496 e. The zero-order valence-corrected chi connectivity index (χ0v) is 17.0. The lowest BCUT2D eigenvalue weighted by molar-refractivity contribution is 0.409. The maximum Gasteiger partial charge on any atom is 0.123 e. The highest BCUT2D eigenvalue weighted by molar-refractivity contribution is 5.93. The smallest absolute Gasteiger partial charge is 0.123 e. The van der Waals surface area contributed by atoms with Gasteiger partial charge in [-0.3, -0.25) is 4.98 Å². The Hall–Kier alpha value is -3.85. The van der Waals surface area contributed by atoms with Crippen molar-refractivity contribution in [3.63, 3.8) is 0 Å². The molecule has 0 aliphatic carbocycles. The minimum atomic E-state index is -0.0293. The monoisotopic (exact) mass is 392 g/mol. The van der Waals surface area contributed by atoms with Crippen LogP contribution < -0.4 is 10.5 Å². The maximum absolute atomic E-state index is 6.39. The van der Waals surface area contributed by atoms with Crippen LogP contribution in [0.25, 0.3) is 17.0 Å². The average Bonchev–Trinajstić information content (AvgIpc) is 2.80. The molecule has 0 aliphatic rings. The Morgan fingerprint density at radius 2 is 1.73 bits per heavy atom. The first-order valence-corrected chi connectivity index (χ1v) is 9.87. The molecule has 0 saturated carbocycles. The normalized spacial score (nSPS) is 12.2. The van der Waals surface area contributed by atoms with Crippen molar-refractivity contribution in [3.8, 4) is 5.75 Å². The third kappa shape index (κ3) is 3.83. The number of para-hydroxylation sites is 1. The molecule has 1 heterocycles. The number of aromatic nitrogens is 1. The van der Waals surface area contributed by atoms with Crippen molar-refractivity contribution < 1.29 is 4.74 Å². The van der Waals surface area contributed by atoms with Crippen molar-refractivity contribution in [2.45, 2.75) is 5.92 Å². The number of nitrogens with two attached hydrogens (primary N) is 1. The molecule has 1 unspecified atom stereocenters. The Labute approximate surface area is 177 Å². The molecule has 4 aromatic rings. The largest absolute Gasteiger partial charge is 0.496 e. The van der Waals surface area contributed by atoms with Crippen molar-refractivity contribution in [2.75, 3.05) is 12.8 Å². The predicted octanol–water partition coefficient (Wildman–Crippen LogP) is 6.23. The van der Waals surface area contributed by atoms with Crippen LogP contribution in [-0.4, -0.2) is 12.1 Å². The summed E-state index contributed by atoms with van der Waals surface area (Å²) < 4.78 is 5.63. The molecule has 0 bridgehead atoms. The number of allylic oxidation sites excluding steroid dienone is 2. The highest BCUT2D eigenvalue weighted by Gasteiger charge is 2.19. The maximum atomic E-state index is 6.39. The van der Waals surface area contributed by atoms with E-state index in [-0.39, 0.29) is 5.92 Å². The van der Waals surface area contributed by atoms with Crippen molar-refractivity contribution in [3.05, 3.63) is 120 Å². The van der Waals surface area contributed by atoms with Crippen LogP contribution in [0, 0.1) is 0 Å². The third-order valence-corrected chi connectivity index (χ3v) is 5.28. The van der Waals surface area contributed by atoms with E-state index >= 15 is 0 Å². The molecule has 3 heteroatoms. The van der Waals surface area contributed by atoms with E-state index in [9.17, 15) is 0 Å². The number of hydrogen-bond acceptors (Lipinski definition) is 3. The summed E-state index contributed by atoms with van der Waals surface area (Å²) in [4.78, 5) is 4.42.